The Morgan fingerprint density at radius 3 is 2.90 bits per heavy atom. The van der Waals surface area contributed by atoms with Crippen molar-refractivity contribution >= 4 is 22.6 Å². The van der Waals surface area contributed by atoms with E-state index in [1.807, 2.05) is 0 Å². The van der Waals surface area contributed by atoms with Crippen LogP contribution in [0, 0.1) is 0 Å². The third kappa shape index (κ3) is 1.44. The van der Waals surface area contributed by atoms with Crippen LogP contribution in [0.4, 0.5) is 0 Å². The molecule has 1 saturated heterocycles. The first-order chi connectivity index (χ1) is 10.3. The SMILES string of the molecule is O=C1CCCc2ccc3c4c(ccc3c21)C1OCOC1=C4. The van der Waals surface area contributed by atoms with E-state index in [1.165, 1.54) is 5.56 Å². The smallest absolute Gasteiger partial charge is 0.190 e. The number of carbonyl (C=O) groups excluding carboxylic acids is 1. The van der Waals surface area contributed by atoms with E-state index < -0.39 is 0 Å². The molecule has 5 rings (SSSR count). The first-order valence-electron chi connectivity index (χ1n) is 7.40. The molecule has 1 fully saturated rings. The number of aryl methyl sites for hydroxylation is 1. The van der Waals surface area contributed by atoms with Crippen LogP contribution >= 0.6 is 0 Å². The highest BCUT2D eigenvalue weighted by Gasteiger charge is 2.33. The second kappa shape index (κ2) is 3.95. The average molecular weight is 278 g/mol. The first kappa shape index (κ1) is 11.5. The summed E-state index contributed by atoms with van der Waals surface area (Å²) in [6, 6.07) is 8.42. The molecule has 0 spiro atoms. The number of hydrogen-bond donors (Lipinski definition) is 0. The van der Waals surface area contributed by atoms with Crippen LogP contribution in [0.3, 0.4) is 0 Å². The average Bonchev–Trinajstić information content (AvgIpc) is 3.07. The zero-order chi connectivity index (χ0) is 14.0. The Morgan fingerprint density at radius 2 is 1.95 bits per heavy atom. The molecule has 0 N–H and O–H groups in total. The second-order valence-electron chi connectivity index (χ2n) is 5.90. The molecule has 0 amide bonds. The fourth-order valence-corrected chi connectivity index (χ4v) is 3.81. The number of Topliss-reactive ketones (excluding diaryl/α,β-unsaturated/α-hetero) is 1. The summed E-state index contributed by atoms with van der Waals surface area (Å²) in [6.45, 7) is 0.330. The van der Waals surface area contributed by atoms with Gasteiger partial charge in [0.15, 0.2) is 12.6 Å². The van der Waals surface area contributed by atoms with Gasteiger partial charge in [0.2, 0.25) is 0 Å². The number of ketones is 1. The van der Waals surface area contributed by atoms with E-state index in [0.29, 0.717) is 13.2 Å². The van der Waals surface area contributed by atoms with Crippen molar-refractivity contribution in [2.75, 3.05) is 6.79 Å². The maximum absolute atomic E-state index is 12.3. The standard InChI is InChI=1S/C18H14O3/c19-15-3-1-2-10-4-5-11-12(17(10)15)6-7-13-14(11)8-16-18(13)21-9-20-16/h4-8,18H,1-3,9H2. The summed E-state index contributed by atoms with van der Waals surface area (Å²) in [5, 5.41) is 2.21. The van der Waals surface area contributed by atoms with Gasteiger partial charge in [-0.25, -0.2) is 0 Å². The maximum atomic E-state index is 12.3. The number of ether oxygens (including phenoxy) is 2. The van der Waals surface area contributed by atoms with Gasteiger partial charge in [-0.3, -0.25) is 4.79 Å². The zero-order valence-corrected chi connectivity index (χ0v) is 11.5. The monoisotopic (exact) mass is 278 g/mol. The van der Waals surface area contributed by atoms with Gasteiger partial charge in [-0.1, -0.05) is 24.3 Å². The van der Waals surface area contributed by atoms with Crippen LogP contribution in [0.5, 0.6) is 0 Å². The van der Waals surface area contributed by atoms with Crippen molar-refractivity contribution in [3.05, 3.63) is 52.3 Å². The summed E-state index contributed by atoms with van der Waals surface area (Å²) in [6.07, 6.45) is 4.64. The summed E-state index contributed by atoms with van der Waals surface area (Å²) in [7, 11) is 0. The molecule has 2 aromatic carbocycles. The van der Waals surface area contributed by atoms with E-state index in [0.717, 1.165) is 46.1 Å². The predicted molar refractivity (Wildman–Crippen MR) is 79.0 cm³/mol. The largest absolute Gasteiger partial charge is 0.469 e. The van der Waals surface area contributed by atoms with Crippen LogP contribution in [0.25, 0.3) is 16.8 Å². The first-order valence-corrected chi connectivity index (χ1v) is 7.40. The molecule has 3 nitrogen and oxygen atoms in total. The summed E-state index contributed by atoms with van der Waals surface area (Å²) in [5.74, 6) is 1.17. The molecule has 3 heteroatoms. The molecule has 0 radical (unpaired) electrons. The molecule has 0 saturated carbocycles. The number of fused-ring (bicyclic) bond motifs is 7. The molecule has 104 valence electrons. The zero-order valence-electron chi connectivity index (χ0n) is 11.5. The van der Waals surface area contributed by atoms with Gasteiger partial charge < -0.3 is 9.47 Å². The summed E-state index contributed by atoms with van der Waals surface area (Å²) in [5.41, 5.74) is 4.42. The van der Waals surface area contributed by atoms with E-state index in [9.17, 15) is 4.79 Å². The van der Waals surface area contributed by atoms with Crippen molar-refractivity contribution < 1.29 is 14.3 Å². The molecule has 1 atom stereocenters. The number of carbonyl (C=O) groups is 1. The molecule has 3 aliphatic rings. The lowest BCUT2D eigenvalue weighted by atomic mass is 9.85. The Bertz CT molecular complexity index is 832. The Labute approximate surface area is 122 Å². The van der Waals surface area contributed by atoms with Gasteiger partial charge in [0.25, 0.3) is 0 Å². The minimum absolute atomic E-state index is 0.0591. The maximum Gasteiger partial charge on any atom is 0.190 e. The highest BCUT2D eigenvalue weighted by Crippen LogP contribution is 2.45. The fourth-order valence-electron chi connectivity index (χ4n) is 3.81. The van der Waals surface area contributed by atoms with Gasteiger partial charge in [-0.05, 0) is 46.4 Å². The van der Waals surface area contributed by atoms with E-state index in [2.05, 4.69) is 30.3 Å². The van der Waals surface area contributed by atoms with Crippen molar-refractivity contribution in [3.8, 4) is 0 Å². The minimum Gasteiger partial charge on any atom is -0.469 e. The van der Waals surface area contributed by atoms with E-state index in [4.69, 9.17) is 9.47 Å². The second-order valence-corrected chi connectivity index (χ2v) is 5.90. The lowest BCUT2D eigenvalue weighted by Gasteiger charge is -2.18. The third-order valence-electron chi connectivity index (χ3n) is 4.78. The fraction of sp³-hybridized carbons (Fsp3) is 0.278. The molecular weight excluding hydrogens is 264 g/mol. The Hall–Kier alpha value is -2.13. The predicted octanol–water partition coefficient (Wildman–Crippen LogP) is 3.76. The van der Waals surface area contributed by atoms with Crippen LogP contribution < -0.4 is 0 Å². The van der Waals surface area contributed by atoms with Crippen molar-refractivity contribution in [1.29, 1.82) is 0 Å². The van der Waals surface area contributed by atoms with Crippen molar-refractivity contribution in [2.24, 2.45) is 0 Å². The summed E-state index contributed by atoms with van der Waals surface area (Å²) < 4.78 is 11.1. The molecule has 0 bridgehead atoms. The molecule has 2 aliphatic carbocycles. The van der Waals surface area contributed by atoms with Gasteiger partial charge in [0, 0.05) is 12.0 Å². The van der Waals surface area contributed by atoms with Gasteiger partial charge >= 0.3 is 0 Å². The lowest BCUT2D eigenvalue weighted by Crippen LogP contribution is -2.11. The third-order valence-corrected chi connectivity index (χ3v) is 4.78. The van der Waals surface area contributed by atoms with E-state index >= 15 is 0 Å². The van der Waals surface area contributed by atoms with Crippen LogP contribution in [0.2, 0.25) is 0 Å². The van der Waals surface area contributed by atoms with Gasteiger partial charge in [0.1, 0.15) is 11.9 Å². The molecule has 0 aromatic heterocycles. The van der Waals surface area contributed by atoms with Gasteiger partial charge in [-0.15, -0.1) is 0 Å². The number of benzene rings is 2. The topological polar surface area (TPSA) is 35.5 Å². The minimum atomic E-state index is -0.0591. The Kier molecular flexibility index (Phi) is 2.17. The van der Waals surface area contributed by atoms with E-state index in [-0.39, 0.29) is 11.9 Å². The van der Waals surface area contributed by atoms with Crippen molar-refractivity contribution in [2.45, 2.75) is 25.4 Å². The van der Waals surface area contributed by atoms with Crippen LogP contribution in [-0.4, -0.2) is 12.6 Å². The van der Waals surface area contributed by atoms with Gasteiger partial charge in [-0.2, -0.15) is 0 Å². The Balaban J connectivity index is 1.83. The molecule has 21 heavy (non-hydrogen) atoms. The molecular formula is C18H14O3. The molecule has 1 unspecified atom stereocenters. The normalized spacial score (nSPS) is 22.6. The molecule has 1 aliphatic heterocycles. The molecule has 2 aromatic rings. The van der Waals surface area contributed by atoms with Crippen LogP contribution in [0.1, 0.15) is 46.0 Å². The highest BCUT2D eigenvalue weighted by molar-refractivity contribution is 6.12. The summed E-state index contributed by atoms with van der Waals surface area (Å²) in [4.78, 5) is 12.3. The van der Waals surface area contributed by atoms with Crippen LogP contribution in [-0.2, 0) is 15.9 Å². The summed E-state index contributed by atoms with van der Waals surface area (Å²) >= 11 is 0. The highest BCUT2D eigenvalue weighted by atomic mass is 16.7. The number of rotatable bonds is 0. The molecule has 1 heterocycles. The van der Waals surface area contributed by atoms with E-state index in [1.54, 1.807) is 0 Å². The lowest BCUT2D eigenvalue weighted by molar-refractivity contribution is 0.0490. The van der Waals surface area contributed by atoms with Gasteiger partial charge in [0.05, 0.1) is 0 Å². The number of hydrogen-bond acceptors (Lipinski definition) is 3. The van der Waals surface area contributed by atoms with Crippen molar-refractivity contribution in [1.82, 2.24) is 0 Å². The quantitative estimate of drug-likeness (QED) is 0.736. The van der Waals surface area contributed by atoms with Crippen molar-refractivity contribution in [3.63, 3.8) is 0 Å². The Morgan fingerprint density at radius 1 is 1.05 bits per heavy atom. The van der Waals surface area contributed by atoms with Crippen LogP contribution in [0.15, 0.2) is 30.0 Å².